The highest BCUT2D eigenvalue weighted by Crippen LogP contribution is 2.43. The van der Waals surface area contributed by atoms with Crippen LogP contribution >= 0.6 is 0 Å². The van der Waals surface area contributed by atoms with Gasteiger partial charge in [-0.3, -0.25) is 0 Å². The number of rotatable bonds is 9. The number of fused-ring (bicyclic) bond motifs is 2. The van der Waals surface area contributed by atoms with Gasteiger partial charge in [-0.05, 0) is 59.9 Å². The molecule has 1 fully saturated rings. The van der Waals surface area contributed by atoms with Crippen molar-refractivity contribution in [2.75, 3.05) is 26.8 Å². The quantitative estimate of drug-likeness (QED) is 0.462. The van der Waals surface area contributed by atoms with Gasteiger partial charge < -0.3 is 28.1 Å². The summed E-state index contributed by atoms with van der Waals surface area (Å²) in [4.78, 5) is 0. The molecule has 3 heterocycles. The molecule has 0 N–H and O–H groups in total. The Bertz CT molecular complexity index is 982. The summed E-state index contributed by atoms with van der Waals surface area (Å²) < 4.78 is 35.8. The van der Waals surface area contributed by atoms with Crippen molar-refractivity contribution in [1.82, 2.24) is 0 Å². The van der Waals surface area contributed by atoms with Gasteiger partial charge in [0.05, 0.1) is 18.8 Å². The first-order valence-electron chi connectivity index (χ1n) is 12.1. The summed E-state index contributed by atoms with van der Waals surface area (Å²) in [7, 11) is -1.89. The standard InChI is InChI=1S/C26H34O6Si/c1-4-33(5-2,6-3)32-26(14-20-8-10-23-25(13-20)31-18-29-23)16-27-15-21(26)11-19-7-9-22-24(12-19)30-17-28-22/h7-10,12-13,21H,4-6,11,14-18H2,1-3H3/t21-,26+/m1/s1. The van der Waals surface area contributed by atoms with E-state index in [2.05, 4.69) is 45.0 Å². The van der Waals surface area contributed by atoms with Gasteiger partial charge in [-0.1, -0.05) is 32.9 Å². The van der Waals surface area contributed by atoms with Crippen molar-refractivity contribution in [2.24, 2.45) is 5.92 Å². The molecule has 2 aromatic carbocycles. The molecular formula is C26H34O6Si. The Morgan fingerprint density at radius 2 is 1.39 bits per heavy atom. The van der Waals surface area contributed by atoms with Crippen LogP contribution in [0.5, 0.6) is 23.0 Å². The van der Waals surface area contributed by atoms with E-state index in [1.807, 2.05) is 12.1 Å². The third-order valence-electron chi connectivity index (χ3n) is 7.62. The van der Waals surface area contributed by atoms with Gasteiger partial charge >= 0.3 is 0 Å². The van der Waals surface area contributed by atoms with E-state index in [9.17, 15) is 0 Å². The van der Waals surface area contributed by atoms with Gasteiger partial charge in [-0.15, -0.1) is 0 Å². The molecule has 33 heavy (non-hydrogen) atoms. The lowest BCUT2D eigenvalue weighted by atomic mass is 9.81. The predicted octanol–water partition coefficient (Wildman–Crippen LogP) is 5.34. The van der Waals surface area contributed by atoms with E-state index in [-0.39, 0.29) is 18.3 Å². The molecule has 0 aliphatic carbocycles. The molecule has 0 radical (unpaired) electrons. The first-order valence-corrected chi connectivity index (χ1v) is 14.7. The zero-order valence-corrected chi connectivity index (χ0v) is 20.9. The summed E-state index contributed by atoms with van der Waals surface area (Å²) in [5.74, 6) is 3.53. The molecule has 3 aliphatic heterocycles. The lowest BCUT2D eigenvalue weighted by Gasteiger charge is -2.43. The first-order chi connectivity index (χ1) is 16.1. The highest BCUT2D eigenvalue weighted by molar-refractivity contribution is 6.73. The number of hydrogen-bond donors (Lipinski definition) is 0. The van der Waals surface area contributed by atoms with Crippen molar-refractivity contribution in [3.05, 3.63) is 47.5 Å². The Morgan fingerprint density at radius 1 is 0.818 bits per heavy atom. The van der Waals surface area contributed by atoms with E-state index in [1.165, 1.54) is 11.1 Å². The van der Waals surface area contributed by atoms with Crippen LogP contribution in [-0.4, -0.2) is 40.7 Å². The van der Waals surface area contributed by atoms with E-state index in [1.54, 1.807) is 0 Å². The lowest BCUT2D eigenvalue weighted by molar-refractivity contribution is 0.0157. The smallest absolute Gasteiger partial charge is 0.231 e. The maximum Gasteiger partial charge on any atom is 0.231 e. The summed E-state index contributed by atoms with van der Waals surface area (Å²) in [6.45, 7) is 8.75. The van der Waals surface area contributed by atoms with Crippen molar-refractivity contribution >= 4 is 8.32 Å². The molecule has 0 spiro atoms. The largest absolute Gasteiger partial charge is 0.454 e. The van der Waals surface area contributed by atoms with Gasteiger partial charge in [0.2, 0.25) is 13.6 Å². The summed E-state index contributed by atoms with van der Waals surface area (Å²) in [6.07, 6.45) is 1.68. The van der Waals surface area contributed by atoms with Gasteiger partial charge in [0, 0.05) is 12.3 Å². The second-order valence-electron chi connectivity index (χ2n) is 9.38. The Kier molecular flexibility index (Phi) is 6.29. The molecule has 5 rings (SSSR count). The minimum Gasteiger partial charge on any atom is -0.454 e. The van der Waals surface area contributed by atoms with Gasteiger partial charge in [0.15, 0.2) is 31.3 Å². The summed E-state index contributed by atoms with van der Waals surface area (Å²) >= 11 is 0. The zero-order chi connectivity index (χ0) is 22.9. The van der Waals surface area contributed by atoms with Crippen molar-refractivity contribution in [3.8, 4) is 23.0 Å². The fourth-order valence-corrected chi connectivity index (χ4v) is 8.47. The highest BCUT2D eigenvalue weighted by Gasteiger charge is 2.49. The molecular weight excluding hydrogens is 436 g/mol. The molecule has 7 heteroatoms. The molecule has 0 aromatic heterocycles. The molecule has 6 nitrogen and oxygen atoms in total. The van der Waals surface area contributed by atoms with Crippen LogP contribution in [0.1, 0.15) is 31.9 Å². The molecule has 0 saturated carbocycles. The molecule has 3 aliphatic rings. The molecule has 2 atom stereocenters. The third-order valence-corrected chi connectivity index (χ3v) is 12.3. The first kappa shape index (κ1) is 22.6. The third kappa shape index (κ3) is 4.34. The summed E-state index contributed by atoms with van der Waals surface area (Å²) in [6, 6.07) is 15.9. The average molecular weight is 471 g/mol. The van der Waals surface area contributed by atoms with E-state index < -0.39 is 8.32 Å². The van der Waals surface area contributed by atoms with Crippen LogP contribution in [0.15, 0.2) is 36.4 Å². The maximum absolute atomic E-state index is 7.32. The van der Waals surface area contributed by atoms with Crippen molar-refractivity contribution < 1.29 is 28.1 Å². The average Bonchev–Trinajstić information content (AvgIpc) is 3.58. The Morgan fingerprint density at radius 3 is 2.03 bits per heavy atom. The van der Waals surface area contributed by atoms with E-state index >= 15 is 0 Å². The van der Waals surface area contributed by atoms with Gasteiger partial charge in [0.25, 0.3) is 0 Å². The second kappa shape index (κ2) is 9.20. The van der Waals surface area contributed by atoms with Gasteiger partial charge in [0.1, 0.15) is 0 Å². The summed E-state index contributed by atoms with van der Waals surface area (Å²) in [5.41, 5.74) is 2.06. The van der Waals surface area contributed by atoms with Crippen molar-refractivity contribution in [3.63, 3.8) is 0 Å². The Labute approximate surface area is 197 Å². The molecule has 0 amide bonds. The van der Waals surface area contributed by atoms with Crippen LogP contribution < -0.4 is 18.9 Å². The fourth-order valence-electron chi connectivity index (χ4n) is 5.38. The maximum atomic E-state index is 7.32. The van der Waals surface area contributed by atoms with Gasteiger partial charge in [-0.25, -0.2) is 0 Å². The van der Waals surface area contributed by atoms with Crippen LogP contribution in [0.3, 0.4) is 0 Å². The normalized spacial score (nSPS) is 23.3. The van der Waals surface area contributed by atoms with Crippen molar-refractivity contribution in [1.29, 1.82) is 0 Å². The SMILES string of the molecule is CC[Si](CC)(CC)O[C@@]1(Cc2ccc3c(c2)OCO3)COC[C@H]1Cc1ccc2c(c1)OCO2. The predicted molar refractivity (Wildman–Crippen MR) is 128 cm³/mol. The minimum absolute atomic E-state index is 0.250. The summed E-state index contributed by atoms with van der Waals surface area (Å²) in [5, 5.41) is 0. The molecule has 2 aromatic rings. The van der Waals surface area contributed by atoms with Crippen molar-refractivity contribution in [2.45, 2.75) is 57.3 Å². The Hall–Kier alpha value is -2.22. The van der Waals surface area contributed by atoms with Crippen LogP contribution in [0.25, 0.3) is 0 Å². The van der Waals surface area contributed by atoms with Crippen LogP contribution in [-0.2, 0) is 22.0 Å². The van der Waals surface area contributed by atoms with Crippen LogP contribution in [0.2, 0.25) is 18.1 Å². The number of benzene rings is 2. The molecule has 0 bridgehead atoms. The second-order valence-corrected chi connectivity index (χ2v) is 14.1. The molecule has 0 unspecified atom stereocenters. The highest BCUT2D eigenvalue weighted by atomic mass is 28.4. The van der Waals surface area contributed by atoms with E-state index in [0.29, 0.717) is 20.0 Å². The Balaban J connectivity index is 1.46. The topological polar surface area (TPSA) is 55.4 Å². The molecule has 1 saturated heterocycles. The zero-order valence-electron chi connectivity index (χ0n) is 19.9. The van der Waals surface area contributed by atoms with E-state index in [0.717, 1.165) is 54.0 Å². The monoisotopic (exact) mass is 470 g/mol. The lowest BCUT2D eigenvalue weighted by Crippen LogP contribution is -2.53. The molecule has 178 valence electrons. The van der Waals surface area contributed by atoms with Crippen LogP contribution in [0, 0.1) is 5.92 Å². The number of ether oxygens (including phenoxy) is 5. The van der Waals surface area contributed by atoms with Crippen LogP contribution in [0.4, 0.5) is 0 Å². The number of hydrogen-bond acceptors (Lipinski definition) is 6. The van der Waals surface area contributed by atoms with E-state index in [4.69, 9.17) is 28.1 Å². The fraction of sp³-hybridized carbons (Fsp3) is 0.538. The minimum atomic E-state index is -1.89. The van der Waals surface area contributed by atoms with Gasteiger partial charge in [-0.2, -0.15) is 0 Å².